The Kier molecular flexibility index (Phi) is 11.9. The van der Waals surface area contributed by atoms with Gasteiger partial charge >= 0.3 is 6.09 Å². The van der Waals surface area contributed by atoms with Crippen LogP contribution in [-0.4, -0.2) is 49.4 Å². The van der Waals surface area contributed by atoms with Crippen LogP contribution in [0.15, 0.2) is 91.0 Å². The van der Waals surface area contributed by atoms with Crippen molar-refractivity contribution in [2.45, 2.75) is 56.5 Å². The number of hydrogen-bond donors (Lipinski definition) is 4. The number of primary amides is 1. The molecule has 258 valence electrons. The standard InChI is InChI=1S/C37H38F4N4O4/c1-22-33(21-48-37(47)44-19-23-5-11-26(38)12-6-23)43-20-29(49-22)17-18-30-31(41)3-2-4-32(30)45-35(36(42)46)34(24-7-13-27(39)14-8-24)25-9-15-28(40)16-10-25/h2-16,22,29,33-35,43,45H,17-21H2,1H3,(H2,42,46)(H,44,47)/t22-,29-,33-,35+/m1/s1. The molecule has 0 aromatic heterocycles. The van der Waals surface area contributed by atoms with Gasteiger partial charge in [-0.3, -0.25) is 4.79 Å². The molecule has 12 heteroatoms. The number of carbonyl (C=O) groups is 2. The van der Waals surface area contributed by atoms with Crippen molar-refractivity contribution >= 4 is 17.7 Å². The van der Waals surface area contributed by atoms with Crippen LogP contribution in [0.1, 0.15) is 41.5 Å². The molecule has 4 atom stereocenters. The third kappa shape index (κ3) is 9.58. The number of morpholine rings is 1. The molecule has 0 radical (unpaired) electrons. The molecule has 0 bridgehead atoms. The first kappa shape index (κ1) is 35.4. The number of carbonyl (C=O) groups excluding carboxylic acids is 2. The number of benzene rings is 4. The zero-order chi connectivity index (χ0) is 34.9. The number of anilines is 1. The molecule has 1 aliphatic rings. The predicted molar refractivity (Wildman–Crippen MR) is 177 cm³/mol. The van der Waals surface area contributed by atoms with E-state index in [0.717, 1.165) is 5.56 Å². The van der Waals surface area contributed by atoms with E-state index in [0.29, 0.717) is 35.3 Å². The van der Waals surface area contributed by atoms with Crippen molar-refractivity contribution in [3.05, 3.63) is 137 Å². The molecule has 1 heterocycles. The maximum absolute atomic E-state index is 15.3. The number of nitrogens with two attached hydrogens (primary N) is 1. The van der Waals surface area contributed by atoms with Crippen LogP contribution in [0.4, 0.5) is 28.0 Å². The van der Waals surface area contributed by atoms with Crippen molar-refractivity contribution in [2.75, 3.05) is 18.5 Å². The van der Waals surface area contributed by atoms with Crippen LogP contribution in [0.25, 0.3) is 0 Å². The first-order chi connectivity index (χ1) is 23.6. The Morgan fingerprint density at radius 2 is 1.49 bits per heavy atom. The quantitative estimate of drug-likeness (QED) is 0.130. The molecule has 5 N–H and O–H groups in total. The van der Waals surface area contributed by atoms with Gasteiger partial charge in [-0.2, -0.15) is 0 Å². The summed E-state index contributed by atoms with van der Waals surface area (Å²) in [6.45, 7) is 2.52. The lowest BCUT2D eigenvalue weighted by Gasteiger charge is -2.35. The van der Waals surface area contributed by atoms with Crippen LogP contribution in [0, 0.1) is 23.3 Å². The summed E-state index contributed by atoms with van der Waals surface area (Å²) in [5.74, 6) is -3.25. The van der Waals surface area contributed by atoms with Gasteiger partial charge in [-0.15, -0.1) is 0 Å². The second-order valence-corrected chi connectivity index (χ2v) is 12.0. The van der Waals surface area contributed by atoms with E-state index >= 15 is 4.39 Å². The van der Waals surface area contributed by atoms with Gasteiger partial charge in [-0.05, 0) is 85.0 Å². The first-order valence-electron chi connectivity index (χ1n) is 16.0. The normalized spacial score (nSPS) is 18.1. The average Bonchev–Trinajstić information content (AvgIpc) is 3.08. The molecular weight excluding hydrogens is 640 g/mol. The molecule has 5 rings (SSSR count). The Labute approximate surface area is 282 Å². The summed E-state index contributed by atoms with van der Waals surface area (Å²) in [5.41, 5.74) is 8.42. The SMILES string of the molecule is C[C@H]1O[C@H](CCc2c(F)cccc2N[C@H](C(N)=O)C(c2ccc(F)cc2)c2ccc(F)cc2)CN[C@@H]1COC(=O)NCc1ccc(F)cc1. The van der Waals surface area contributed by atoms with Gasteiger partial charge in [0, 0.05) is 30.3 Å². The lowest BCUT2D eigenvalue weighted by molar-refractivity contribution is -0.119. The van der Waals surface area contributed by atoms with Crippen LogP contribution in [-0.2, 0) is 27.2 Å². The van der Waals surface area contributed by atoms with Crippen LogP contribution < -0.4 is 21.7 Å². The molecule has 0 saturated carbocycles. The minimum absolute atomic E-state index is 0.0578. The van der Waals surface area contributed by atoms with E-state index in [2.05, 4.69) is 16.0 Å². The van der Waals surface area contributed by atoms with Gasteiger partial charge in [0.05, 0.1) is 18.2 Å². The van der Waals surface area contributed by atoms with E-state index < -0.39 is 41.4 Å². The van der Waals surface area contributed by atoms with Gasteiger partial charge in [-0.1, -0.05) is 42.5 Å². The maximum atomic E-state index is 15.3. The van der Waals surface area contributed by atoms with Gasteiger partial charge in [-0.25, -0.2) is 22.4 Å². The first-order valence-corrected chi connectivity index (χ1v) is 16.0. The smallest absolute Gasteiger partial charge is 0.407 e. The van der Waals surface area contributed by atoms with E-state index in [1.807, 2.05) is 6.92 Å². The molecule has 0 unspecified atom stereocenters. The van der Waals surface area contributed by atoms with Gasteiger partial charge < -0.3 is 31.2 Å². The molecule has 1 saturated heterocycles. The Bertz CT molecular complexity index is 1660. The zero-order valence-electron chi connectivity index (χ0n) is 26.8. The van der Waals surface area contributed by atoms with Crippen molar-refractivity contribution in [2.24, 2.45) is 5.73 Å². The van der Waals surface area contributed by atoms with Crippen molar-refractivity contribution in [1.82, 2.24) is 10.6 Å². The largest absolute Gasteiger partial charge is 0.448 e. The Hall–Kier alpha value is -4.94. The van der Waals surface area contributed by atoms with E-state index in [1.54, 1.807) is 18.2 Å². The zero-order valence-corrected chi connectivity index (χ0v) is 26.8. The number of alkyl carbamates (subject to hydrolysis) is 1. The number of ether oxygens (including phenoxy) is 2. The van der Waals surface area contributed by atoms with E-state index in [1.165, 1.54) is 72.8 Å². The molecule has 49 heavy (non-hydrogen) atoms. The van der Waals surface area contributed by atoms with E-state index in [4.69, 9.17) is 15.2 Å². The lowest BCUT2D eigenvalue weighted by atomic mass is 9.84. The summed E-state index contributed by atoms with van der Waals surface area (Å²) in [7, 11) is 0. The number of rotatable bonds is 13. The Morgan fingerprint density at radius 3 is 2.06 bits per heavy atom. The molecule has 4 aromatic carbocycles. The highest BCUT2D eigenvalue weighted by atomic mass is 19.1. The summed E-state index contributed by atoms with van der Waals surface area (Å²) in [6.07, 6.45) is -0.545. The van der Waals surface area contributed by atoms with Crippen molar-refractivity contribution < 1.29 is 36.6 Å². The minimum atomic E-state index is -1.10. The van der Waals surface area contributed by atoms with E-state index in [9.17, 15) is 22.8 Å². The van der Waals surface area contributed by atoms with E-state index in [-0.39, 0.29) is 43.6 Å². The third-order valence-corrected chi connectivity index (χ3v) is 8.57. The van der Waals surface area contributed by atoms with Crippen LogP contribution in [0.3, 0.4) is 0 Å². The summed E-state index contributed by atoms with van der Waals surface area (Å²) >= 11 is 0. The van der Waals surface area contributed by atoms with Crippen LogP contribution >= 0.6 is 0 Å². The van der Waals surface area contributed by atoms with Crippen LogP contribution in [0.2, 0.25) is 0 Å². The highest BCUT2D eigenvalue weighted by Crippen LogP contribution is 2.32. The van der Waals surface area contributed by atoms with Crippen molar-refractivity contribution in [1.29, 1.82) is 0 Å². The molecule has 2 amide bonds. The second kappa shape index (κ2) is 16.4. The average molecular weight is 679 g/mol. The highest BCUT2D eigenvalue weighted by molar-refractivity contribution is 5.85. The molecule has 1 fully saturated rings. The lowest BCUT2D eigenvalue weighted by Crippen LogP contribution is -2.54. The van der Waals surface area contributed by atoms with Crippen molar-refractivity contribution in [3.8, 4) is 0 Å². The Morgan fingerprint density at radius 1 is 0.898 bits per heavy atom. The predicted octanol–water partition coefficient (Wildman–Crippen LogP) is 5.95. The highest BCUT2D eigenvalue weighted by Gasteiger charge is 2.32. The minimum Gasteiger partial charge on any atom is -0.448 e. The fraction of sp³-hybridized carbons (Fsp3) is 0.297. The number of halogens is 4. The number of amides is 2. The molecule has 0 aliphatic carbocycles. The number of nitrogens with one attached hydrogen (secondary N) is 3. The monoisotopic (exact) mass is 678 g/mol. The Balaban J connectivity index is 1.21. The summed E-state index contributed by atoms with van der Waals surface area (Å²) in [4.78, 5) is 25.1. The van der Waals surface area contributed by atoms with Crippen molar-refractivity contribution in [3.63, 3.8) is 0 Å². The molecular formula is C37H38F4N4O4. The topological polar surface area (TPSA) is 115 Å². The third-order valence-electron chi connectivity index (χ3n) is 8.57. The van der Waals surface area contributed by atoms with Gasteiger partial charge in [0.1, 0.15) is 35.9 Å². The molecule has 4 aromatic rings. The van der Waals surface area contributed by atoms with Crippen LogP contribution in [0.5, 0.6) is 0 Å². The molecule has 8 nitrogen and oxygen atoms in total. The summed E-state index contributed by atoms with van der Waals surface area (Å²) in [5, 5.41) is 9.10. The maximum Gasteiger partial charge on any atom is 0.407 e. The second-order valence-electron chi connectivity index (χ2n) is 12.0. The fourth-order valence-corrected chi connectivity index (χ4v) is 5.91. The summed E-state index contributed by atoms with van der Waals surface area (Å²) < 4.78 is 67.6. The molecule has 1 aliphatic heterocycles. The molecule has 0 spiro atoms. The van der Waals surface area contributed by atoms with Gasteiger partial charge in [0.15, 0.2) is 0 Å². The van der Waals surface area contributed by atoms with Gasteiger partial charge in [0.2, 0.25) is 5.91 Å². The van der Waals surface area contributed by atoms with Gasteiger partial charge in [0.25, 0.3) is 0 Å². The number of hydrogen-bond acceptors (Lipinski definition) is 6. The summed E-state index contributed by atoms with van der Waals surface area (Å²) in [6, 6.07) is 20.1. The fourth-order valence-electron chi connectivity index (χ4n) is 5.91.